The lowest BCUT2D eigenvalue weighted by atomic mass is 9.87. The Kier molecular flexibility index (Phi) is 5.34. The highest BCUT2D eigenvalue weighted by Gasteiger charge is 2.30. The van der Waals surface area contributed by atoms with Crippen molar-refractivity contribution in [2.45, 2.75) is 50.6 Å². The van der Waals surface area contributed by atoms with Gasteiger partial charge in [0.1, 0.15) is 0 Å². The Morgan fingerprint density at radius 3 is 3.00 bits per heavy atom. The first kappa shape index (κ1) is 17.0. The number of piperidine rings is 1. The topological polar surface area (TPSA) is 56.4 Å². The molecule has 2 saturated heterocycles. The molecule has 3 unspecified atom stereocenters. The molecule has 1 aliphatic carbocycles. The van der Waals surface area contributed by atoms with Crippen molar-refractivity contribution < 1.29 is 4.79 Å². The van der Waals surface area contributed by atoms with Gasteiger partial charge in [0.05, 0.1) is 12.6 Å². The van der Waals surface area contributed by atoms with E-state index < -0.39 is 0 Å². The SMILES string of the molecule is O=C(CN1CCCC(C2CCNN2)C1)NC1CCCc2ccccc21. The number of hydrogen-bond donors (Lipinski definition) is 3. The number of nitrogens with zero attached hydrogens (tertiary/aromatic N) is 1. The molecule has 4 rings (SSSR count). The van der Waals surface area contributed by atoms with Crippen LogP contribution in [0.25, 0.3) is 0 Å². The lowest BCUT2D eigenvalue weighted by Gasteiger charge is -2.35. The predicted octanol–water partition coefficient (Wildman–Crippen LogP) is 1.76. The lowest BCUT2D eigenvalue weighted by Crippen LogP contribution is -2.48. The van der Waals surface area contributed by atoms with Crippen LogP contribution in [-0.4, -0.2) is 43.0 Å². The van der Waals surface area contributed by atoms with E-state index in [9.17, 15) is 4.79 Å². The quantitative estimate of drug-likeness (QED) is 0.780. The average Bonchev–Trinajstić information content (AvgIpc) is 3.17. The van der Waals surface area contributed by atoms with Gasteiger partial charge in [0.15, 0.2) is 0 Å². The highest BCUT2D eigenvalue weighted by Crippen LogP contribution is 2.29. The molecule has 2 heterocycles. The molecule has 136 valence electrons. The molecule has 1 amide bonds. The van der Waals surface area contributed by atoms with Gasteiger partial charge in [0.2, 0.25) is 5.91 Å². The Balaban J connectivity index is 1.32. The van der Waals surface area contributed by atoms with Crippen molar-refractivity contribution in [1.82, 2.24) is 21.1 Å². The van der Waals surface area contributed by atoms with Crippen LogP contribution in [0.5, 0.6) is 0 Å². The molecule has 0 spiro atoms. The molecule has 0 bridgehead atoms. The number of carbonyl (C=O) groups excluding carboxylic acids is 1. The van der Waals surface area contributed by atoms with E-state index in [1.807, 2.05) is 0 Å². The van der Waals surface area contributed by atoms with Crippen molar-refractivity contribution in [3.8, 4) is 0 Å². The Morgan fingerprint density at radius 1 is 1.20 bits per heavy atom. The lowest BCUT2D eigenvalue weighted by molar-refractivity contribution is -0.123. The summed E-state index contributed by atoms with van der Waals surface area (Å²) in [7, 11) is 0. The summed E-state index contributed by atoms with van der Waals surface area (Å²) in [6, 6.07) is 9.32. The van der Waals surface area contributed by atoms with Crippen molar-refractivity contribution in [2.75, 3.05) is 26.2 Å². The molecule has 3 N–H and O–H groups in total. The first-order valence-electron chi connectivity index (χ1n) is 9.87. The maximum atomic E-state index is 12.6. The van der Waals surface area contributed by atoms with Crippen LogP contribution >= 0.6 is 0 Å². The molecule has 3 aliphatic rings. The smallest absolute Gasteiger partial charge is 0.234 e. The minimum atomic E-state index is 0.180. The second kappa shape index (κ2) is 7.85. The Hall–Kier alpha value is -1.43. The molecule has 1 aromatic rings. The number of aryl methyl sites for hydroxylation is 1. The van der Waals surface area contributed by atoms with Crippen molar-refractivity contribution >= 4 is 5.91 Å². The molecular weight excluding hydrogens is 312 g/mol. The van der Waals surface area contributed by atoms with Crippen LogP contribution in [0.4, 0.5) is 0 Å². The van der Waals surface area contributed by atoms with Crippen LogP contribution in [-0.2, 0) is 11.2 Å². The van der Waals surface area contributed by atoms with Crippen LogP contribution in [0.15, 0.2) is 24.3 Å². The number of fused-ring (bicyclic) bond motifs is 1. The molecule has 3 atom stereocenters. The van der Waals surface area contributed by atoms with Crippen LogP contribution < -0.4 is 16.2 Å². The number of likely N-dealkylation sites (tertiary alicyclic amines) is 1. The summed E-state index contributed by atoms with van der Waals surface area (Å²) in [4.78, 5) is 15.0. The van der Waals surface area contributed by atoms with Crippen LogP contribution in [0.1, 0.15) is 49.3 Å². The molecule has 5 heteroatoms. The van der Waals surface area contributed by atoms with Gasteiger partial charge in [-0.15, -0.1) is 0 Å². The van der Waals surface area contributed by atoms with Crippen LogP contribution in [0.2, 0.25) is 0 Å². The molecule has 25 heavy (non-hydrogen) atoms. The summed E-state index contributed by atoms with van der Waals surface area (Å²) >= 11 is 0. The second-order valence-electron chi connectivity index (χ2n) is 7.81. The summed E-state index contributed by atoms with van der Waals surface area (Å²) in [6.07, 6.45) is 7.02. The zero-order chi connectivity index (χ0) is 17.1. The van der Waals surface area contributed by atoms with E-state index in [1.54, 1.807) is 0 Å². The highest BCUT2D eigenvalue weighted by atomic mass is 16.2. The predicted molar refractivity (Wildman–Crippen MR) is 99.0 cm³/mol. The normalized spacial score (nSPS) is 30.0. The van der Waals surface area contributed by atoms with Gasteiger partial charge in [-0.05, 0) is 62.1 Å². The van der Waals surface area contributed by atoms with E-state index in [2.05, 4.69) is 45.3 Å². The largest absolute Gasteiger partial charge is 0.348 e. The fourth-order valence-electron chi connectivity index (χ4n) is 4.77. The average molecular weight is 342 g/mol. The number of benzene rings is 1. The first-order chi connectivity index (χ1) is 12.3. The van der Waals surface area contributed by atoms with Crippen molar-refractivity contribution in [3.05, 3.63) is 35.4 Å². The van der Waals surface area contributed by atoms with E-state index in [-0.39, 0.29) is 11.9 Å². The van der Waals surface area contributed by atoms with Gasteiger partial charge < -0.3 is 5.32 Å². The minimum absolute atomic E-state index is 0.180. The third kappa shape index (κ3) is 4.05. The number of carbonyl (C=O) groups is 1. The van der Waals surface area contributed by atoms with Gasteiger partial charge in [-0.3, -0.25) is 20.5 Å². The number of rotatable bonds is 4. The Labute approximate surface area is 150 Å². The molecule has 0 saturated carbocycles. The highest BCUT2D eigenvalue weighted by molar-refractivity contribution is 5.78. The number of amides is 1. The summed E-state index contributed by atoms with van der Waals surface area (Å²) in [6.45, 7) is 3.68. The summed E-state index contributed by atoms with van der Waals surface area (Å²) in [5.74, 6) is 0.840. The maximum Gasteiger partial charge on any atom is 0.234 e. The second-order valence-corrected chi connectivity index (χ2v) is 7.81. The molecular formula is C20H30N4O. The molecule has 5 nitrogen and oxygen atoms in total. The van der Waals surface area contributed by atoms with Gasteiger partial charge >= 0.3 is 0 Å². The van der Waals surface area contributed by atoms with E-state index in [4.69, 9.17) is 0 Å². The van der Waals surface area contributed by atoms with Crippen molar-refractivity contribution in [3.63, 3.8) is 0 Å². The van der Waals surface area contributed by atoms with E-state index in [0.717, 1.165) is 38.9 Å². The monoisotopic (exact) mass is 342 g/mol. The van der Waals surface area contributed by atoms with Crippen molar-refractivity contribution in [1.29, 1.82) is 0 Å². The molecule has 0 radical (unpaired) electrons. The maximum absolute atomic E-state index is 12.6. The number of hydrogen-bond acceptors (Lipinski definition) is 4. The molecule has 1 aromatic carbocycles. The van der Waals surface area contributed by atoms with E-state index in [1.165, 1.54) is 30.4 Å². The number of hydrazine groups is 1. The molecule has 2 aliphatic heterocycles. The number of nitrogens with one attached hydrogen (secondary N) is 3. The standard InChI is InChI=1S/C20H30N4O/c25-20(22-19-9-3-6-15-5-1-2-8-17(15)19)14-24-12-4-7-16(13-24)18-10-11-21-23-18/h1-2,5,8,16,18-19,21,23H,3-4,6-7,9-14H2,(H,22,25). The van der Waals surface area contributed by atoms with Gasteiger partial charge in [-0.1, -0.05) is 24.3 Å². The first-order valence-corrected chi connectivity index (χ1v) is 9.87. The third-order valence-corrected chi connectivity index (χ3v) is 6.05. The fourth-order valence-corrected chi connectivity index (χ4v) is 4.77. The Bertz CT molecular complexity index is 599. The van der Waals surface area contributed by atoms with E-state index >= 15 is 0 Å². The zero-order valence-corrected chi connectivity index (χ0v) is 15.0. The third-order valence-electron chi connectivity index (χ3n) is 6.05. The molecule has 2 fully saturated rings. The van der Waals surface area contributed by atoms with Crippen molar-refractivity contribution in [2.24, 2.45) is 5.92 Å². The molecule has 0 aromatic heterocycles. The Morgan fingerprint density at radius 2 is 2.12 bits per heavy atom. The fraction of sp³-hybridized carbons (Fsp3) is 0.650. The van der Waals surface area contributed by atoms with Gasteiger partial charge in [0, 0.05) is 19.1 Å². The van der Waals surface area contributed by atoms with E-state index in [0.29, 0.717) is 18.5 Å². The summed E-state index contributed by atoms with van der Waals surface area (Å²) < 4.78 is 0. The van der Waals surface area contributed by atoms with Crippen LogP contribution in [0, 0.1) is 5.92 Å². The summed E-state index contributed by atoms with van der Waals surface area (Å²) in [5.41, 5.74) is 9.36. The van der Waals surface area contributed by atoms with Crippen LogP contribution in [0.3, 0.4) is 0 Å². The van der Waals surface area contributed by atoms with Gasteiger partial charge in [-0.25, -0.2) is 0 Å². The summed E-state index contributed by atoms with van der Waals surface area (Å²) in [5, 5.41) is 3.30. The van der Waals surface area contributed by atoms with Gasteiger partial charge in [0.25, 0.3) is 0 Å². The minimum Gasteiger partial charge on any atom is -0.348 e. The zero-order valence-electron chi connectivity index (χ0n) is 15.0. The van der Waals surface area contributed by atoms with Gasteiger partial charge in [-0.2, -0.15) is 0 Å².